The van der Waals surface area contributed by atoms with Gasteiger partial charge < -0.3 is 20.1 Å². The molecule has 0 spiro atoms. The number of methoxy groups -OCH3 is 1. The monoisotopic (exact) mass is 390 g/mol. The SMILES string of the molecule is CCOc1ccccc1NC(=O)c1ccc(C(=O)Nc2ccccc2OC)cc1. The van der Waals surface area contributed by atoms with Gasteiger partial charge in [-0.3, -0.25) is 9.59 Å². The predicted octanol–water partition coefficient (Wildman–Crippen LogP) is 4.60. The molecule has 0 heterocycles. The Hall–Kier alpha value is -3.80. The number of ether oxygens (including phenoxy) is 2. The number of benzene rings is 3. The Kier molecular flexibility index (Phi) is 6.47. The highest BCUT2D eigenvalue weighted by Crippen LogP contribution is 2.25. The van der Waals surface area contributed by atoms with Crippen molar-refractivity contribution in [2.75, 3.05) is 24.4 Å². The van der Waals surface area contributed by atoms with Crippen LogP contribution in [0.4, 0.5) is 11.4 Å². The van der Waals surface area contributed by atoms with Crippen LogP contribution < -0.4 is 20.1 Å². The molecule has 6 heteroatoms. The van der Waals surface area contributed by atoms with Crippen molar-refractivity contribution in [3.63, 3.8) is 0 Å². The Morgan fingerprint density at radius 2 is 1.17 bits per heavy atom. The van der Waals surface area contributed by atoms with Gasteiger partial charge in [0.05, 0.1) is 25.1 Å². The first kappa shape index (κ1) is 19.9. The summed E-state index contributed by atoms with van der Waals surface area (Å²) < 4.78 is 10.8. The molecule has 0 saturated carbocycles. The normalized spacial score (nSPS) is 10.1. The standard InChI is InChI=1S/C23H22N2O4/c1-3-29-21-11-7-5-9-19(21)25-23(27)17-14-12-16(13-15-17)22(26)24-18-8-4-6-10-20(18)28-2/h4-15H,3H2,1-2H3,(H,24,26)(H,25,27). The van der Waals surface area contributed by atoms with Crippen LogP contribution in [0.25, 0.3) is 0 Å². The zero-order valence-corrected chi connectivity index (χ0v) is 16.3. The van der Waals surface area contributed by atoms with E-state index >= 15 is 0 Å². The molecule has 148 valence electrons. The molecule has 0 aliphatic carbocycles. The molecule has 3 aromatic carbocycles. The van der Waals surface area contributed by atoms with Crippen molar-refractivity contribution in [3.8, 4) is 11.5 Å². The molecule has 3 aromatic rings. The quantitative estimate of drug-likeness (QED) is 0.618. The average molecular weight is 390 g/mol. The van der Waals surface area contributed by atoms with Crippen molar-refractivity contribution < 1.29 is 19.1 Å². The number of carbonyl (C=O) groups excluding carboxylic acids is 2. The Morgan fingerprint density at radius 3 is 1.66 bits per heavy atom. The van der Waals surface area contributed by atoms with Gasteiger partial charge in [-0.2, -0.15) is 0 Å². The Labute approximate surface area is 169 Å². The summed E-state index contributed by atoms with van der Waals surface area (Å²) in [5.41, 5.74) is 2.04. The Balaban J connectivity index is 1.69. The molecule has 0 unspecified atom stereocenters. The van der Waals surface area contributed by atoms with Crippen LogP contribution in [0, 0.1) is 0 Å². The van der Waals surface area contributed by atoms with Crippen LogP contribution in [-0.2, 0) is 0 Å². The van der Waals surface area contributed by atoms with Crippen molar-refractivity contribution in [2.45, 2.75) is 6.92 Å². The zero-order valence-electron chi connectivity index (χ0n) is 16.3. The maximum atomic E-state index is 12.5. The van der Waals surface area contributed by atoms with Gasteiger partial charge in [0, 0.05) is 11.1 Å². The lowest BCUT2D eigenvalue weighted by molar-refractivity contribution is 0.101. The summed E-state index contributed by atoms with van der Waals surface area (Å²) in [6.45, 7) is 2.39. The first-order valence-corrected chi connectivity index (χ1v) is 9.20. The van der Waals surface area contributed by atoms with E-state index in [4.69, 9.17) is 9.47 Å². The largest absolute Gasteiger partial charge is 0.495 e. The molecule has 6 nitrogen and oxygen atoms in total. The van der Waals surface area contributed by atoms with E-state index in [1.165, 1.54) is 0 Å². The van der Waals surface area contributed by atoms with Crippen molar-refractivity contribution in [1.29, 1.82) is 0 Å². The van der Waals surface area contributed by atoms with Gasteiger partial charge in [-0.05, 0) is 55.5 Å². The average Bonchev–Trinajstić information content (AvgIpc) is 2.75. The molecule has 2 N–H and O–H groups in total. The van der Waals surface area contributed by atoms with E-state index in [1.54, 1.807) is 55.6 Å². The molecule has 0 atom stereocenters. The van der Waals surface area contributed by atoms with Gasteiger partial charge >= 0.3 is 0 Å². The smallest absolute Gasteiger partial charge is 0.255 e. The summed E-state index contributed by atoms with van der Waals surface area (Å²) in [6.07, 6.45) is 0. The molecule has 0 aromatic heterocycles. The number of nitrogens with one attached hydrogen (secondary N) is 2. The molecule has 0 saturated heterocycles. The minimum Gasteiger partial charge on any atom is -0.495 e. The second-order valence-electron chi connectivity index (χ2n) is 6.12. The van der Waals surface area contributed by atoms with E-state index in [0.29, 0.717) is 40.6 Å². The number of para-hydroxylation sites is 4. The van der Waals surface area contributed by atoms with Gasteiger partial charge in [0.1, 0.15) is 11.5 Å². The van der Waals surface area contributed by atoms with Crippen molar-refractivity contribution in [3.05, 3.63) is 83.9 Å². The molecular weight excluding hydrogens is 368 g/mol. The third-order valence-corrected chi connectivity index (χ3v) is 4.20. The fraction of sp³-hybridized carbons (Fsp3) is 0.130. The van der Waals surface area contributed by atoms with E-state index in [0.717, 1.165) is 0 Å². The number of hydrogen-bond acceptors (Lipinski definition) is 4. The highest BCUT2D eigenvalue weighted by atomic mass is 16.5. The van der Waals surface area contributed by atoms with E-state index in [-0.39, 0.29) is 11.8 Å². The van der Waals surface area contributed by atoms with Crippen LogP contribution in [0.5, 0.6) is 11.5 Å². The number of amides is 2. The fourth-order valence-corrected chi connectivity index (χ4v) is 2.76. The first-order valence-electron chi connectivity index (χ1n) is 9.20. The van der Waals surface area contributed by atoms with Crippen LogP contribution >= 0.6 is 0 Å². The summed E-state index contributed by atoms with van der Waals surface area (Å²) in [6, 6.07) is 20.8. The second kappa shape index (κ2) is 9.41. The summed E-state index contributed by atoms with van der Waals surface area (Å²) in [4.78, 5) is 25.0. The van der Waals surface area contributed by atoms with Crippen molar-refractivity contribution in [2.24, 2.45) is 0 Å². The van der Waals surface area contributed by atoms with E-state index in [2.05, 4.69) is 10.6 Å². The fourth-order valence-electron chi connectivity index (χ4n) is 2.76. The highest BCUT2D eigenvalue weighted by molar-refractivity contribution is 6.07. The Bertz CT molecular complexity index is 1000. The predicted molar refractivity (Wildman–Crippen MR) is 113 cm³/mol. The van der Waals surface area contributed by atoms with E-state index in [1.807, 2.05) is 31.2 Å². The minimum atomic E-state index is -0.289. The molecular formula is C23H22N2O4. The molecule has 0 aliphatic rings. The molecule has 0 radical (unpaired) electrons. The lowest BCUT2D eigenvalue weighted by Crippen LogP contribution is -2.15. The number of hydrogen-bond donors (Lipinski definition) is 2. The Morgan fingerprint density at radius 1 is 0.724 bits per heavy atom. The minimum absolute atomic E-state index is 0.283. The number of anilines is 2. The number of carbonyl (C=O) groups is 2. The number of rotatable bonds is 7. The van der Waals surface area contributed by atoms with E-state index < -0.39 is 0 Å². The van der Waals surface area contributed by atoms with Gasteiger partial charge in [0.25, 0.3) is 11.8 Å². The second-order valence-corrected chi connectivity index (χ2v) is 6.12. The van der Waals surface area contributed by atoms with Crippen LogP contribution in [0.1, 0.15) is 27.6 Å². The third-order valence-electron chi connectivity index (χ3n) is 4.20. The van der Waals surface area contributed by atoms with Gasteiger partial charge in [-0.25, -0.2) is 0 Å². The van der Waals surface area contributed by atoms with Crippen LogP contribution in [-0.4, -0.2) is 25.5 Å². The molecule has 29 heavy (non-hydrogen) atoms. The van der Waals surface area contributed by atoms with E-state index in [9.17, 15) is 9.59 Å². The van der Waals surface area contributed by atoms with Crippen molar-refractivity contribution >= 4 is 23.2 Å². The lowest BCUT2D eigenvalue weighted by Gasteiger charge is -2.12. The zero-order chi connectivity index (χ0) is 20.6. The molecule has 2 amide bonds. The van der Waals surface area contributed by atoms with Crippen LogP contribution in [0.2, 0.25) is 0 Å². The summed E-state index contributed by atoms with van der Waals surface area (Å²) in [5, 5.41) is 5.64. The molecule has 0 bridgehead atoms. The summed E-state index contributed by atoms with van der Waals surface area (Å²) in [5.74, 6) is 0.609. The molecule has 0 aliphatic heterocycles. The summed E-state index contributed by atoms with van der Waals surface area (Å²) in [7, 11) is 1.54. The van der Waals surface area contributed by atoms with Gasteiger partial charge in [0.2, 0.25) is 0 Å². The first-order chi connectivity index (χ1) is 14.1. The van der Waals surface area contributed by atoms with Crippen molar-refractivity contribution in [1.82, 2.24) is 0 Å². The highest BCUT2D eigenvalue weighted by Gasteiger charge is 2.12. The van der Waals surface area contributed by atoms with Crippen LogP contribution in [0.15, 0.2) is 72.8 Å². The topological polar surface area (TPSA) is 76.7 Å². The van der Waals surface area contributed by atoms with Crippen LogP contribution in [0.3, 0.4) is 0 Å². The van der Waals surface area contributed by atoms with Gasteiger partial charge in [-0.15, -0.1) is 0 Å². The molecule has 3 rings (SSSR count). The summed E-state index contributed by atoms with van der Waals surface area (Å²) >= 11 is 0. The maximum Gasteiger partial charge on any atom is 0.255 e. The maximum absolute atomic E-state index is 12.5. The van der Waals surface area contributed by atoms with Gasteiger partial charge in [0.15, 0.2) is 0 Å². The van der Waals surface area contributed by atoms with Gasteiger partial charge in [-0.1, -0.05) is 24.3 Å². The lowest BCUT2D eigenvalue weighted by atomic mass is 10.1. The third kappa shape index (κ3) is 4.93. The molecule has 0 fully saturated rings.